The number of carbonyl (C=O) groups excluding carboxylic acids is 1. The molecule has 0 N–H and O–H groups in total. The summed E-state index contributed by atoms with van der Waals surface area (Å²) in [6, 6.07) is 20.6. The van der Waals surface area contributed by atoms with Crippen LogP contribution in [0.2, 0.25) is 0 Å². The Hall–Kier alpha value is -4.24. The van der Waals surface area contributed by atoms with Crippen molar-refractivity contribution in [3.05, 3.63) is 78.0 Å². The number of amides is 1. The van der Waals surface area contributed by atoms with E-state index in [0.29, 0.717) is 24.8 Å². The van der Waals surface area contributed by atoms with Crippen LogP contribution in [0.25, 0.3) is 33.5 Å². The Labute approximate surface area is 264 Å². The van der Waals surface area contributed by atoms with Crippen LogP contribution in [0.15, 0.2) is 66.9 Å². The topological polar surface area (TPSA) is 85.0 Å². The van der Waals surface area contributed by atoms with E-state index in [2.05, 4.69) is 69.2 Å². The molecule has 1 saturated carbocycles. The molecule has 3 aromatic heterocycles. The summed E-state index contributed by atoms with van der Waals surface area (Å²) in [7, 11) is 2.05. The van der Waals surface area contributed by atoms with E-state index >= 15 is 0 Å². The molecule has 9 nitrogen and oxygen atoms in total. The van der Waals surface area contributed by atoms with Crippen LogP contribution in [-0.4, -0.2) is 66.7 Å². The number of piperazine rings is 1. The van der Waals surface area contributed by atoms with Crippen molar-refractivity contribution in [2.75, 3.05) is 31.1 Å². The summed E-state index contributed by atoms with van der Waals surface area (Å²) in [6.45, 7) is 5.63. The predicted molar refractivity (Wildman–Crippen MR) is 176 cm³/mol. The fourth-order valence-corrected chi connectivity index (χ4v) is 6.75. The largest absolute Gasteiger partial charge is 0.353 e. The number of tetrazole rings is 1. The van der Waals surface area contributed by atoms with Gasteiger partial charge in [0.15, 0.2) is 0 Å². The summed E-state index contributed by atoms with van der Waals surface area (Å²) in [5, 5.41) is 14.2. The van der Waals surface area contributed by atoms with Gasteiger partial charge in [0.25, 0.3) is 5.91 Å². The highest BCUT2D eigenvalue weighted by molar-refractivity contribution is 6.13. The quantitative estimate of drug-likeness (QED) is 0.229. The second-order valence-corrected chi connectivity index (χ2v) is 12.0. The first-order chi connectivity index (χ1) is 21.0. The number of aromatic nitrogens is 6. The lowest BCUT2D eigenvalue weighted by Gasteiger charge is -2.35. The van der Waals surface area contributed by atoms with E-state index in [1.165, 1.54) is 32.1 Å². The van der Waals surface area contributed by atoms with Gasteiger partial charge in [0.1, 0.15) is 5.82 Å². The van der Waals surface area contributed by atoms with Gasteiger partial charge in [-0.05, 0) is 60.7 Å². The van der Waals surface area contributed by atoms with Crippen molar-refractivity contribution < 1.29 is 4.79 Å². The number of halogens is 1. The van der Waals surface area contributed by atoms with Crippen molar-refractivity contribution >= 4 is 35.0 Å². The minimum atomic E-state index is 0. The van der Waals surface area contributed by atoms with Crippen molar-refractivity contribution in [1.29, 1.82) is 0 Å². The van der Waals surface area contributed by atoms with Crippen LogP contribution >= 0.6 is 12.4 Å². The molecule has 4 heterocycles. The number of benzene rings is 2. The Bertz CT molecular complexity index is 1730. The molecule has 2 fully saturated rings. The Morgan fingerprint density at radius 1 is 0.909 bits per heavy atom. The van der Waals surface area contributed by atoms with Crippen LogP contribution in [0.5, 0.6) is 0 Å². The lowest BCUT2D eigenvalue weighted by atomic mass is 9.89. The molecule has 0 unspecified atom stereocenters. The number of anilines is 1. The number of fused-ring (bicyclic) bond motifs is 1. The summed E-state index contributed by atoms with van der Waals surface area (Å²) in [4.78, 5) is 24.9. The molecule has 7 rings (SSSR count). The first-order valence-electron chi connectivity index (χ1n) is 15.5. The number of hydrogen-bond donors (Lipinski definition) is 0. The highest BCUT2D eigenvalue weighted by atomic mass is 35.5. The Morgan fingerprint density at radius 3 is 2.41 bits per heavy atom. The molecular weight excluding hydrogens is 572 g/mol. The molecule has 0 atom stereocenters. The van der Waals surface area contributed by atoms with Crippen LogP contribution < -0.4 is 4.90 Å². The maximum absolute atomic E-state index is 14.2. The Morgan fingerprint density at radius 2 is 1.68 bits per heavy atom. The molecular formula is C34H39ClN8O. The van der Waals surface area contributed by atoms with Gasteiger partial charge in [-0.1, -0.05) is 61.2 Å². The van der Waals surface area contributed by atoms with E-state index < -0.39 is 0 Å². The van der Waals surface area contributed by atoms with E-state index in [1.807, 2.05) is 41.4 Å². The molecule has 1 aliphatic heterocycles. The fraction of sp³-hybridized carbons (Fsp3) is 0.382. The van der Waals surface area contributed by atoms with Crippen molar-refractivity contribution in [3.8, 4) is 22.6 Å². The summed E-state index contributed by atoms with van der Waals surface area (Å²) < 4.78 is 2.16. The third-order valence-electron chi connectivity index (χ3n) is 9.11. The zero-order chi connectivity index (χ0) is 29.3. The van der Waals surface area contributed by atoms with E-state index in [9.17, 15) is 4.79 Å². The number of rotatable bonds is 6. The molecule has 1 saturated heterocycles. The lowest BCUT2D eigenvalue weighted by molar-refractivity contribution is 0.0749. The highest BCUT2D eigenvalue weighted by Crippen LogP contribution is 2.35. The molecule has 2 aliphatic rings. The third-order valence-corrected chi connectivity index (χ3v) is 9.11. The summed E-state index contributed by atoms with van der Waals surface area (Å²) in [5.41, 5.74) is 5.88. The second-order valence-electron chi connectivity index (χ2n) is 12.0. The zero-order valence-electron chi connectivity index (χ0n) is 25.4. The standard InChI is InChI=1S/C34H38N8O.ClH/c1-24-13-15-29-28(21-24)31(32(39(29)2)26-11-7-4-8-12-26)34(43)41-19-17-40(18-20-41)30-16-14-27(22-35-30)33-36-38-42(37-33)23-25-9-5-3-6-10-25;/h4,7-8,11-16,21-22,25H,3,5-6,9-10,17-20,23H2,1-2H3;1H. The average Bonchev–Trinajstić information content (AvgIpc) is 3.63. The average molecular weight is 611 g/mol. The van der Waals surface area contributed by atoms with Gasteiger partial charge >= 0.3 is 0 Å². The van der Waals surface area contributed by atoms with Gasteiger partial charge in [0, 0.05) is 55.9 Å². The molecule has 1 amide bonds. The van der Waals surface area contributed by atoms with E-state index in [0.717, 1.165) is 64.3 Å². The van der Waals surface area contributed by atoms with Gasteiger partial charge in [0.05, 0.1) is 17.8 Å². The molecule has 10 heteroatoms. The van der Waals surface area contributed by atoms with Crippen molar-refractivity contribution in [2.24, 2.45) is 13.0 Å². The number of hydrogen-bond acceptors (Lipinski definition) is 6. The second kappa shape index (κ2) is 12.8. The summed E-state index contributed by atoms with van der Waals surface area (Å²) >= 11 is 0. The highest BCUT2D eigenvalue weighted by Gasteiger charge is 2.29. The van der Waals surface area contributed by atoms with Gasteiger partial charge in [-0.2, -0.15) is 4.80 Å². The molecule has 228 valence electrons. The van der Waals surface area contributed by atoms with E-state index in [1.54, 1.807) is 4.80 Å². The lowest BCUT2D eigenvalue weighted by Crippen LogP contribution is -2.49. The van der Waals surface area contributed by atoms with Gasteiger partial charge in [-0.3, -0.25) is 4.79 Å². The maximum atomic E-state index is 14.2. The summed E-state index contributed by atoms with van der Waals surface area (Å²) in [5.74, 6) is 2.25. The molecule has 44 heavy (non-hydrogen) atoms. The van der Waals surface area contributed by atoms with Crippen LogP contribution in [0, 0.1) is 12.8 Å². The Balaban J connectivity index is 0.00000343. The number of carbonyl (C=O) groups is 1. The molecule has 0 bridgehead atoms. The monoisotopic (exact) mass is 610 g/mol. The smallest absolute Gasteiger partial charge is 0.256 e. The molecule has 1 aliphatic carbocycles. The fourth-order valence-electron chi connectivity index (χ4n) is 6.75. The van der Waals surface area contributed by atoms with E-state index in [4.69, 9.17) is 4.98 Å². The van der Waals surface area contributed by atoms with Gasteiger partial charge in [-0.15, -0.1) is 22.6 Å². The zero-order valence-corrected chi connectivity index (χ0v) is 26.2. The van der Waals surface area contributed by atoms with Crippen LogP contribution in [0.3, 0.4) is 0 Å². The first-order valence-corrected chi connectivity index (χ1v) is 15.5. The molecule has 0 radical (unpaired) electrons. The summed E-state index contributed by atoms with van der Waals surface area (Å²) in [6.07, 6.45) is 8.28. The maximum Gasteiger partial charge on any atom is 0.256 e. The minimum Gasteiger partial charge on any atom is -0.353 e. The van der Waals surface area contributed by atoms with Gasteiger partial charge < -0.3 is 14.4 Å². The molecule has 0 spiro atoms. The number of nitrogens with zero attached hydrogens (tertiary/aromatic N) is 8. The van der Waals surface area contributed by atoms with Crippen LogP contribution in [0.1, 0.15) is 48.0 Å². The predicted octanol–water partition coefficient (Wildman–Crippen LogP) is 6.17. The Kier molecular flexibility index (Phi) is 8.66. The first kappa shape index (κ1) is 29.8. The van der Waals surface area contributed by atoms with Gasteiger partial charge in [-0.25, -0.2) is 4.98 Å². The minimum absolute atomic E-state index is 0. The normalized spacial score (nSPS) is 15.9. The molecule has 2 aromatic carbocycles. The van der Waals surface area contributed by atoms with Gasteiger partial charge in [0.2, 0.25) is 5.82 Å². The SMILES string of the molecule is Cc1ccc2c(c1)c(C(=O)N1CCN(c3ccc(-c4nnn(CC5CCCCC5)n4)cn3)CC1)c(-c1ccccc1)n2C.Cl. The molecule has 5 aromatic rings. The van der Waals surface area contributed by atoms with Crippen molar-refractivity contribution in [3.63, 3.8) is 0 Å². The van der Waals surface area contributed by atoms with Crippen LogP contribution in [-0.2, 0) is 13.6 Å². The third kappa shape index (κ3) is 5.80. The van der Waals surface area contributed by atoms with Crippen LogP contribution in [0.4, 0.5) is 5.82 Å². The number of pyridine rings is 1. The van der Waals surface area contributed by atoms with Crippen molar-refractivity contribution in [2.45, 2.75) is 45.6 Å². The van der Waals surface area contributed by atoms with Crippen molar-refractivity contribution in [1.82, 2.24) is 34.7 Å². The number of aryl methyl sites for hydroxylation is 2. The van der Waals surface area contributed by atoms with E-state index in [-0.39, 0.29) is 18.3 Å².